The van der Waals surface area contributed by atoms with Crippen molar-refractivity contribution in [1.29, 1.82) is 0 Å². The number of esters is 2. The molecule has 0 bridgehead atoms. The third-order valence-electron chi connectivity index (χ3n) is 2.33. The van der Waals surface area contributed by atoms with Crippen LogP contribution in [0.3, 0.4) is 0 Å². The Morgan fingerprint density at radius 3 is 2.00 bits per heavy atom. The van der Waals surface area contributed by atoms with Gasteiger partial charge in [0.25, 0.3) is 0 Å². The molecule has 0 fully saturated rings. The standard InChI is InChI=1S/C12H20O5/c1-5-16-10(13)7-8(3)11(14)9(4)12(15)17-6-2/h8-9H,5-7H2,1-4H3. The first-order valence-corrected chi connectivity index (χ1v) is 5.79. The van der Waals surface area contributed by atoms with Gasteiger partial charge in [-0.25, -0.2) is 0 Å². The van der Waals surface area contributed by atoms with Gasteiger partial charge in [0.05, 0.1) is 19.6 Å². The Morgan fingerprint density at radius 1 is 1.00 bits per heavy atom. The summed E-state index contributed by atoms with van der Waals surface area (Å²) in [5.41, 5.74) is 0. The minimum atomic E-state index is -0.834. The first-order chi connectivity index (χ1) is 7.93. The second-order valence-corrected chi connectivity index (χ2v) is 3.79. The van der Waals surface area contributed by atoms with E-state index in [9.17, 15) is 14.4 Å². The molecular weight excluding hydrogens is 224 g/mol. The zero-order valence-electron chi connectivity index (χ0n) is 10.8. The maximum absolute atomic E-state index is 11.8. The van der Waals surface area contributed by atoms with E-state index in [0.717, 1.165) is 0 Å². The Balaban J connectivity index is 4.29. The number of carbonyl (C=O) groups is 3. The summed E-state index contributed by atoms with van der Waals surface area (Å²) < 4.78 is 9.49. The van der Waals surface area contributed by atoms with E-state index in [-0.39, 0.29) is 25.4 Å². The molecule has 2 atom stereocenters. The first kappa shape index (κ1) is 15.6. The van der Waals surface area contributed by atoms with Gasteiger partial charge in [-0.1, -0.05) is 6.92 Å². The summed E-state index contributed by atoms with van der Waals surface area (Å²) >= 11 is 0. The van der Waals surface area contributed by atoms with Crippen molar-refractivity contribution in [2.75, 3.05) is 13.2 Å². The molecule has 0 aromatic rings. The van der Waals surface area contributed by atoms with E-state index < -0.39 is 23.8 Å². The lowest BCUT2D eigenvalue weighted by Crippen LogP contribution is -2.29. The fraction of sp³-hybridized carbons (Fsp3) is 0.750. The number of Topliss-reactive ketones (excluding diaryl/α,β-unsaturated/α-hetero) is 1. The molecule has 0 saturated carbocycles. The first-order valence-electron chi connectivity index (χ1n) is 5.79. The molecule has 0 amide bonds. The number of rotatable bonds is 7. The van der Waals surface area contributed by atoms with Crippen LogP contribution in [0.1, 0.15) is 34.1 Å². The summed E-state index contributed by atoms with van der Waals surface area (Å²) in [6.45, 7) is 7.00. The fourth-order valence-electron chi connectivity index (χ4n) is 1.38. The predicted octanol–water partition coefficient (Wildman–Crippen LogP) is 1.34. The second kappa shape index (κ2) is 7.81. The second-order valence-electron chi connectivity index (χ2n) is 3.79. The maximum atomic E-state index is 11.8. The SMILES string of the molecule is CCOC(=O)CC(C)C(=O)C(C)C(=O)OCC. The van der Waals surface area contributed by atoms with E-state index in [4.69, 9.17) is 9.47 Å². The van der Waals surface area contributed by atoms with Crippen LogP contribution in [0.4, 0.5) is 0 Å². The third-order valence-corrected chi connectivity index (χ3v) is 2.33. The molecular formula is C12H20O5. The molecule has 0 aliphatic heterocycles. The smallest absolute Gasteiger partial charge is 0.316 e. The van der Waals surface area contributed by atoms with E-state index in [0.29, 0.717) is 0 Å². The summed E-state index contributed by atoms with van der Waals surface area (Å²) in [5, 5.41) is 0. The molecule has 0 aliphatic rings. The Hall–Kier alpha value is -1.39. The Kier molecular flexibility index (Phi) is 7.18. The molecule has 98 valence electrons. The van der Waals surface area contributed by atoms with Crippen molar-refractivity contribution in [3.8, 4) is 0 Å². The summed E-state index contributed by atoms with van der Waals surface area (Å²) in [7, 11) is 0. The number of hydrogen-bond acceptors (Lipinski definition) is 5. The van der Waals surface area contributed by atoms with Gasteiger partial charge in [-0.05, 0) is 20.8 Å². The molecule has 0 aromatic heterocycles. The number of hydrogen-bond donors (Lipinski definition) is 0. The lowest BCUT2D eigenvalue weighted by Gasteiger charge is -2.14. The van der Waals surface area contributed by atoms with Crippen molar-refractivity contribution in [1.82, 2.24) is 0 Å². The molecule has 17 heavy (non-hydrogen) atoms. The van der Waals surface area contributed by atoms with Crippen molar-refractivity contribution in [2.45, 2.75) is 34.1 Å². The number of ether oxygens (including phenoxy) is 2. The quantitative estimate of drug-likeness (QED) is 0.499. The predicted molar refractivity (Wildman–Crippen MR) is 61.2 cm³/mol. The van der Waals surface area contributed by atoms with E-state index in [2.05, 4.69) is 0 Å². The summed E-state index contributed by atoms with van der Waals surface area (Å²) in [5.74, 6) is -2.64. The highest BCUT2D eigenvalue weighted by Crippen LogP contribution is 2.13. The Bertz CT molecular complexity index is 285. The lowest BCUT2D eigenvalue weighted by atomic mass is 9.93. The van der Waals surface area contributed by atoms with Crippen LogP contribution < -0.4 is 0 Å². The van der Waals surface area contributed by atoms with Crippen LogP contribution in [-0.2, 0) is 23.9 Å². The van der Waals surface area contributed by atoms with Gasteiger partial charge >= 0.3 is 11.9 Å². The molecule has 5 nitrogen and oxygen atoms in total. The van der Waals surface area contributed by atoms with Crippen LogP contribution in [0.25, 0.3) is 0 Å². The van der Waals surface area contributed by atoms with Gasteiger partial charge in [-0.3, -0.25) is 14.4 Å². The minimum absolute atomic E-state index is 0.00355. The number of carbonyl (C=O) groups excluding carboxylic acids is 3. The van der Waals surface area contributed by atoms with Crippen molar-refractivity contribution < 1.29 is 23.9 Å². The van der Waals surface area contributed by atoms with Gasteiger partial charge < -0.3 is 9.47 Å². The van der Waals surface area contributed by atoms with Crippen LogP contribution in [0.15, 0.2) is 0 Å². The lowest BCUT2D eigenvalue weighted by molar-refractivity contribution is -0.154. The molecule has 0 rings (SSSR count). The molecule has 0 spiro atoms. The van der Waals surface area contributed by atoms with Gasteiger partial charge in [0.15, 0.2) is 0 Å². The van der Waals surface area contributed by atoms with Gasteiger partial charge in [0.1, 0.15) is 11.7 Å². The highest BCUT2D eigenvalue weighted by atomic mass is 16.5. The van der Waals surface area contributed by atoms with E-state index in [1.165, 1.54) is 6.92 Å². The largest absolute Gasteiger partial charge is 0.466 e. The highest BCUT2D eigenvalue weighted by molar-refractivity contribution is 6.00. The Morgan fingerprint density at radius 2 is 1.53 bits per heavy atom. The van der Waals surface area contributed by atoms with E-state index >= 15 is 0 Å². The molecule has 0 heterocycles. The average molecular weight is 244 g/mol. The molecule has 0 saturated heterocycles. The average Bonchev–Trinajstić information content (AvgIpc) is 2.27. The maximum Gasteiger partial charge on any atom is 0.316 e. The van der Waals surface area contributed by atoms with Crippen LogP contribution in [-0.4, -0.2) is 30.9 Å². The molecule has 0 aromatic carbocycles. The van der Waals surface area contributed by atoms with E-state index in [1.54, 1.807) is 20.8 Å². The van der Waals surface area contributed by atoms with E-state index in [1.807, 2.05) is 0 Å². The van der Waals surface area contributed by atoms with Crippen LogP contribution in [0, 0.1) is 11.8 Å². The van der Waals surface area contributed by atoms with Crippen molar-refractivity contribution in [3.05, 3.63) is 0 Å². The highest BCUT2D eigenvalue weighted by Gasteiger charge is 2.28. The van der Waals surface area contributed by atoms with Crippen molar-refractivity contribution >= 4 is 17.7 Å². The minimum Gasteiger partial charge on any atom is -0.466 e. The van der Waals surface area contributed by atoms with Gasteiger partial charge in [0.2, 0.25) is 0 Å². The molecule has 0 aliphatic carbocycles. The zero-order chi connectivity index (χ0) is 13.4. The van der Waals surface area contributed by atoms with Crippen LogP contribution in [0.2, 0.25) is 0 Å². The zero-order valence-corrected chi connectivity index (χ0v) is 10.8. The molecule has 0 radical (unpaired) electrons. The third kappa shape index (κ3) is 5.47. The fourth-order valence-corrected chi connectivity index (χ4v) is 1.38. The monoisotopic (exact) mass is 244 g/mol. The van der Waals surface area contributed by atoms with Crippen LogP contribution >= 0.6 is 0 Å². The van der Waals surface area contributed by atoms with Gasteiger partial charge in [-0.15, -0.1) is 0 Å². The van der Waals surface area contributed by atoms with Gasteiger partial charge in [0, 0.05) is 5.92 Å². The number of ketones is 1. The summed E-state index contributed by atoms with van der Waals surface area (Å²) in [6, 6.07) is 0. The summed E-state index contributed by atoms with van der Waals surface area (Å²) in [4.78, 5) is 34.3. The topological polar surface area (TPSA) is 69.7 Å². The van der Waals surface area contributed by atoms with Crippen molar-refractivity contribution in [3.63, 3.8) is 0 Å². The van der Waals surface area contributed by atoms with Gasteiger partial charge in [-0.2, -0.15) is 0 Å². The normalized spacial score (nSPS) is 13.6. The van der Waals surface area contributed by atoms with Crippen LogP contribution in [0.5, 0.6) is 0 Å². The van der Waals surface area contributed by atoms with Crippen molar-refractivity contribution in [2.24, 2.45) is 11.8 Å². The molecule has 2 unspecified atom stereocenters. The molecule has 0 N–H and O–H groups in total. The molecule has 5 heteroatoms. The summed E-state index contributed by atoms with van der Waals surface area (Å²) in [6.07, 6.45) is -0.00355. The Labute approximate surface area is 101 Å².